The number of hydrogen-bond donors (Lipinski definition) is 2. The molecule has 6 nitrogen and oxygen atoms in total. The van der Waals surface area contributed by atoms with Crippen molar-refractivity contribution in [1.82, 2.24) is 5.06 Å². The molecule has 1 fully saturated rings. The Balaban J connectivity index is 2.37. The molecule has 6 heteroatoms. The van der Waals surface area contributed by atoms with E-state index < -0.39 is 18.5 Å². The van der Waals surface area contributed by atoms with Crippen LogP contribution in [0.2, 0.25) is 0 Å². The van der Waals surface area contributed by atoms with Gasteiger partial charge in [-0.2, -0.15) is 5.06 Å². The fourth-order valence-corrected chi connectivity index (χ4v) is 1.96. The summed E-state index contributed by atoms with van der Waals surface area (Å²) >= 11 is 0. The van der Waals surface area contributed by atoms with E-state index >= 15 is 0 Å². The van der Waals surface area contributed by atoms with Crippen LogP contribution in [0.3, 0.4) is 0 Å². The van der Waals surface area contributed by atoms with Crippen molar-refractivity contribution in [2.45, 2.75) is 45.2 Å². The first-order valence-electron chi connectivity index (χ1n) is 6.91. The molecule has 0 unspecified atom stereocenters. The molecule has 0 saturated carbocycles. The van der Waals surface area contributed by atoms with Gasteiger partial charge in [0.1, 0.15) is 6.10 Å². The number of methoxy groups -OCH3 is 1. The fraction of sp³-hybridized carbons (Fsp3) is 1.00. The smallest absolute Gasteiger partial charge is 0.180 e. The zero-order valence-electron chi connectivity index (χ0n) is 12.1. The number of hydroxylamine groups is 2. The van der Waals surface area contributed by atoms with Crippen molar-refractivity contribution >= 4 is 0 Å². The monoisotopic (exact) mass is 277 g/mol. The van der Waals surface area contributed by atoms with E-state index in [9.17, 15) is 10.2 Å². The van der Waals surface area contributed by atoms with Gasteiger partial charge in [-0.1, -0.05) is 13.8 Å². The van der Waals surface area contributed by atoms with Crippen molar-refractivity contribution in [3.8, 4) is 0 Å². The Labute approximate surface area is 115 Å². The van der Waals surface area contributed by atoms with E-state index in [1.54, 1.807) is 7.11 Å². The van der Waals surface area contributed by atoms with Gasteiger partial charge in [0.2, 0.25) is 0 Å². The van der Waals surface area contributed by atoms with Crippen LogP contribution < -0.4 is 0 Å². The van der Waals surface area contributed by atoms with E-state index in [4.69, 9.17) is 14.3 Å². The lowest BCUT2D eigenvalue weighted by molar-refractivity contribution is -0.312. The Morgan fingerprint density at radius 2 is 2.05 bits per heavy atom. The van der Waals surface area contributed by atoms with Gasteiger partial charge in [-0.3, -0.25) is 4.84 Å². The molecule has 1 aliphatic rings. The summed E-state index contributed by atoms with van der Waals surface area (Å²) in [6.45, 7) is 6.58. The second kappa shape index (κ2) is 8.84. The number of ether oxygens (including phenoxy) is 2. The average Bonchev–Trinajstić information content (AvgIpc) is 2.33. The highest BCUT2D eigenvalue weighted by Crippen LogP contribution is 2.17. The summed E-state index contributed by atoms with van der Waals surface area (Å²) in [4.78, 5) is 5.75. The Kier molecular flexibility index (Phi) is 7.82. The van der Waals surface area contributed by atoms with Gasteiger partial charge < -0.3 is 19.7 Å². The molecule has 3 atom stereocenters. The predicted molar refractivity (Wildman–Crippen MR) is 70.4 cm³/mol. The Morgan fingerprint density at radius 1 is 1.32 bits per heavy atom. The van der Waals surface area contributed by atoms with Crippen molar-refractivity contribution in [3.63, 3.8) is 0 Å². The molecule has 114 valence electrons. The van der Waals surface area contributed by atoms with E-state index in [0.29, 0.717) is 18.9 Å². The highest BCUT2D eigenvalue weighted by molar-refractivity contribution is 4.73. The van der Waals surface area contributed by atoms with Crippen LogP contribution in [0, 0.1) is 5.92 Å². The van der Waals surface area contributed by atoms with Crippen molar-refractivity contribution < 1.29 is 24.5 Å². The average molecular weight is 277 g/mol. The van der Waals surface area contributed by atoms with Crippen LogP contribution in [0.4, 0.5) is 0 Å². The van der Waals surface area contributed by atoms with E-state index in [-0.39, 0.29) is 6.61 Å². The van der Waals surface area contributed by atoms with Crippen molar-refractivity contribution in [3.05, 3.63) is 0 Å². The number of aliphatic hydroxyl groups excluding tert-OH is 2. The molecule has 0 aliphatic carbocycles. The first kappa shape index (κ1) is 16.8. The molecule has 19 heavy (non-hydrogen) atoms. The summed E-state index contributed by atoms with van der Waals surface area (Å²) in [5.74, 6) is 0.474. The molecule has 0 aromatic carbocycles. The van der Waals surface area contributed by atoms with Crippen molar-refractivity contribution in [2.75, 3.05) is 33.4 Å². The molecule has 0 radical (unpaired) electrons. The third-order valence-corrected chi connectivity index (χ3v) is 2.92. The SMILES string of the molecule is COCCCN(CC(C)C)O[C@@H]1C[C@H](O)[C@H](O)CO1. The lowest BCUT2D eigenvalue weighted by Gasteiger charge is -2.34. The minimum Gasteiger partial charge on any atom is -0.390 e. The maximum atomic E-state index is 9.61. The van der Waals surface area contributed by atoms with Crippen LogP contribution in [0.5, 0.6) is 0 Å². The van der Waals surface area contributed by atoms with Gasteiger partial charge in [0.25, 0.3) is 0 Å². The Bertz CT molecular complexity index is 239. The molecule has 0 spiro atoms. The van der Waals surface area contributed by atoms with E-state index in [2.05, 4.69) is 13.8 Å². The highest BCUT2D eigenvalue weighted by atomic mass is 16.8. The van der Waals surface area contributed by atoms with Gasteiger partial charge in [-0.05, 0) is 12.3 Å². The van der Waals surface area contributed by atoms with Gasteiger partial charge in [0.15, 0.2) is 6.29 Å². The minimum atomic E-state index is -0.813. The molecule has 1 saturated heterocycles. The van der Waals surface area contributed by atoms with Crippen LogP contribution in [-0.2, 0) is 14.3 Å². The zero-order chi connectivity index (χ0) is 14.3. The van der Waals surface area contributed by atoms with Crippen LogP contribution in [0.25, 0.3) is 0 Å². The molecule has 1 aliphatic heterocycles. The maximum absolute atomic E-state index is 9.61. The van der Waals surface area contributed by atoms with E-state index in [0.717, 1.165) is 19.5 Å². The summed E-state index contributed by atoms with van der Waals surface area (Å²) in [7, 11) is 1.68. The van der Waals surface area contributed by atoms with Crippen LogP contribution in [-0.4, -0.2) is 67.2 Å². The molecular formula is C13H27NO5. The Morgan fingerprint density at radius 3 is 2.63 bits per heavy atom. The summed E-state index contributed by atoms with van der Waals surface area (Å²) in [6, 6.07) is 0. The quantitative estimate of drug-likeness (QED) is 0.494. The summed E-state index contributed by atoms with van der Waals surface area (Å²) < 4.78 is 10.4. The van der Waals surface area contributed by atoms with Gasteiger partial charge in [-0.25, -0.2) is 0 Å². The third-order valence-electron chi connectivity index (χ3n) is 2.92. The number of nitrogens with zero attached hydrogens (tertiary/aromatic N) is 1. The topological polar surface area (TPSA) is 71.4 Å². The summed E-state index contributed by atoms with van der Waals surface area (Å²) in [5, 5.41) is 20.9. The third kappa shape index (κ3) is 6.65. The summed E-state index contributed by atoms with van der Waals surface area (Å²) in [6.07, 6.45) is -0.911. The molecule has 0 aromatic heterocycles. The van der Waals surface area contributed by atoms with Gasteiger partial charge in [0, 0.05) is 33.2 Å². The molecule has 1 heterocycles. The summed E-state index contributed by atoms with van der Waals surface area (Å²) in [5.41, 5.74) is 0. The molecule has 0 bridgehead atoms. The van der Waals surface area contributed by atoms with Crippen LogP contribution >= 0.6 is 0 Å². The largest absolute Gasteiger partial charge is 0.390 e. The first-order chi connectivity index (χ1) is 9.02. The normalized spacial score (nSPS) is 28.3. The van der Waals surface area contributed by atoms with Crippen LogP contribution in [0.15, 0.2) is 0 Å². The van der Waals surface area contributed by atoms with Gasteiger partial charge >= 0.3 is 0 Å². The van der Waals surface area contributed by atoms with Crippen LogP contribution in [0.1, 0.15) is 26.7 Å². The first-order valence-corrected chi connectivity index (χ1v) is 6.91. The molecule has 0 amide bonds. The highest BCUT2D eigenvalue weighted by Gasteiger charge is 2.30. The molecule has 2 N–H and O–H groups in total. The molecular weight excluding hydrogens is 250 g/mol. The zero-order valence-corrected chi connectivity index (χ0v) is 12.1. The number of hydrogen-bond acceptors (Lipinski definition) is 6. The second-order valence-corrected chi connectivity index (χ2v) is 5.37. The maximum Gasteiger partial charge on any atom is 0.180 e. The van der Waals surface area contributed by atoms with Gasteiger partial charge in [-0.15, -0.1) is 0 Å². The lowest BCUT2D eigenvalue weighted by atomic mass is 10.1. The number of rotatable bonds is 8. The second-order valence-electron chi connectivity index (χ2n) is 5.37. The predicted octanol–water partition coefficient (Wildman–Crippen LogP) is 0.381. The fourth-order valence-electron chi connectivity index (χ4n) is 1.96. The molecule has 0 aromatic rings. The van der Waals surface area contributed by atoms with E-state index in [1.165, 1.54) is 0 Å². The molecule has 1 rings (SSSR count). The standard InChI is InChI=1S/C13H27NO5/c1-10(2)8-14(5-4-6-17-3)19-13-7-11(15)12(16)9-18-13/h10-13,15-16H,4-9H2,1-3H3/t11-,12+,13+/m0/s1. The minimum absolute atomic E-state index is 0.111. The van der Waals surface area contributed by atoms with Crippen molar-refractivity contribution in [1.29, 1.82) is 0 Å². The van der Waals surface area contributed by atoms with Gasteiger partial charge in [0.05, 0.1) is 12.7 Å². The number of aliphatic hydroxyl groups is 2. The van der Waals surface area contributed by atoms with E-state index in [1.807, 2.05) is 5.06 Å². The Hall–Kier alpha value is -0.240. The van der Waals surface area contributed by atoms with Crippen molar-refractivity contribution in [2.24, 2.45) is 5.92 Å². The lowest BCUT2D eigenvalue weighted by Crippen LogP contribution is -2.45.